The van der Waals surface area contributed by atoms with Crippen LogP contribution < -0.4 is 5.32 Å². The maximum atomic E-state index is 12.3. The van der Waals surface area contributed by atoms with Crippen LogP contribution in [0.2, 0.25) is 0 Å². The maximum absolute atomic E-state index is 12.3. The maximum Gasteiger partial charge on any atom is 0.252 e. The highest BCUT2D eigenvalue weighted by Crippen LogP contribution is 2.12. The van der Waals surface area contributed by atoms with Gasteiger partial charge in [-0.15, -0.1) is 0 Å². The highest BCUT2D eigenvalue weighted by atomic mass is 16.2. The van der Waals surface area contributed by atoms with Crippen LogP contribution in [-0.2, 0) is 11.3 Å². The predicted octanol–water partition coefficient (Wildman–Crippen LogP) is 1.99. The van der Waals surface area contributed by atoms with E-state index < -0.39 is 0 Å². The number of benzene rings is 1. The first-order valence-corrected chi connectivity index (χ1v) is 8.11. The molecule has 0 spiro atoms. The number of rotatable bonds is 5. The van der Waals surface area contributed by atoms with E-state index in [4.69, 9.17) is 0 Å². The summed E-state index contributed by atoms with van der Waals surface area (Å²) < 4.78 is 0. The molecule has 3 rings (SSSR count). The number of H-pyrrole nitrogens is 1. The molecule has 0 atom stereocenters. The summed E-state index contributed by atoms with van der Waals surface area (Å²) in [5, 5.41) is 2.54. The van der Waals surface area contributed by atoms with Gasteiger partial charge in [-0.3, -0.25) is 14.6 Å². The SMILES string of the molecule is CNC(=O)c1cncc(C=CC(=O)N(C)Cc2nc3ccccc3[nH]2)c1. The van der Waals surface area contributed by atoms with Crippen LogP contribution in [0.4, 0.5) is 0 Å². The van der Waals surface area contributed by atoms with Crippen molar-refractivity contribution in [3.8, 4) is 0 Å². The fraction of sp³-hybridized carbons (Fsp3) is 0.158. The van der Waals surface area contributed by atoms with Gasteiger partial charge < -0.3 is 15.2 Å². The zero-order valence-electron chi connectivity index (χ0n) is 14.6. The van der Waals surface area contributed by atoms with Crippen LogP contribution in [0.1, 0.15) is 21.7 Å². The van der Waals surface area contributed by atoms with Gasteiger partial charge in [0.25, 0.3) is 5.91 Å². The number of hydrogen-bond donors (Lipinski definition) is 2. The molecule has 132 valence electrons. The van der Waals surface area contributed by atoms with E-state index in [1.165, 1.54) is 12.3 Å². The second-order valence-corrected chi connectivity index (χ2v) is 5.81. The number of nitrogens with one attached hydrogen (secondary N) is 2. The molecular weight excluding hydrogens is 330 g/mol. The fourth-order valence-corrected chi connectivity index (χ4v) is 2.50. The van der Waals surface area contributed by atoms with Gasteiger partial charge in [0.1, 0.15) is 5.82 Å². The molecule has 0 unspecified atom stereocenters. The van der Waals surface area contributed by atoms with Crippen LogP contribution in [0.25, 0.3) is 17.1 Å². The van der Waals surface area contributed by atoms with E-state index in [9.17, 15) is 9.59 Å². The average molecular weight is 349 g/mol. The minimum Gasteiger partial charge on any atom is -0.355 e. The molecule has 2 heterocycles. The third-order valence-corrected chi connectivity index (χ3v) is 3.87. The minimum atomic E-state index is -0.221. The molecule has 0 bridgehead atoms. The van der Waals surface area contributed by atoms with Gasteiger partial charge in [0.15, 0.2) is 0 Å². The molecule has 0 saturated carbocycles. The summed E-state index contributed by atoms with van der Waals surface area (Å²) in [6, 6.07) is 9.40. The number of para-hydroxylation sites is 2. The van der Waals surface area contributed by atoms with E-state index in [0.717, 1.165) is 16.9 Å². The Morgan fingerprint density at radius 2 is 2.08 bits per heavy atom. The summed E-state index contributed by atoms with van der Waals surface area (Å²) in [4.78, 5) is 37.2. The van der Waals surface area contributed by atoms with Gasteiger partial charge in [0, 0.05) is 32.6 Å². The topological polar surface area (TPSA) is 91.0 Å². The first-order valence-electron chi connectivity index (χ1n) is 8.11. The van der Waals surface area contributed by atoms with Crippen LogP contribution in [-0.4, -0.2) is 45.8 Å². The zero-order chi connectivity index (χ0) is 18.5. The molecule has 0 aliphatic heterocycles. The molecule has 1 aromatic carbocycles. The van der Waals surface area contributed by atoms with Crippen molar-refractivity contribution < 1.29 is 9.59 Å². The van der Waals surface area contributed by atoms with Crippen LogP contribution in [0.3, 0.4) is 0 Å². The number of aromatic amines is 1. The zero-order valence-corrected chi connectivity index (χ0v) is 14.6. The van der Waals surface area contributed by atoms with Gasteiger partial charge in [-0.2, -0.15) is 0 Å². The smallest absolute Gasteiger partial charge is 0.252 e. The van der Waals surface area contributed by atoms with E-state index >= 15 is 0 Å². The molecule has 0 aliphatic carbocycles. The number of nitrogens with zero attached hydrogens (tertiary/aromatic N) is 3. The van der Waals surface area contributed by atoms with E-state index in [1.807, 2.05) is 24.3 Å². The number of fused-ring (bicyclic) bond motifs is 1. The molecule has 0 saturated heterocycles. The first kappa shape index (κ1) is 17.3. The van der Waals surface area contributed by atoms with E-state index in [0.29, 0.717) is 17.7 Å². The Bertz CT molecular complexity index is 944. The number of aromatic nitrogens is 3. The van der Waals surface area contributed by atoms with Crippen molar-refractivity contribution in [2.75, 3.05) is 14.1 Å². The highest BCUT2D eigenvalue weighted by Gasteiger charge is 2.09. The second-order valence-electron chi connectivity index (χ2n) is 5.81. The number of carbonyl (C=O) groups is 2. The van der Waals surface area contributed by atoms with Gasteiger partial charge in [-0.1, -0.05) is 12.1 Å². The lowest BCUT2D eigenvalue weighted by Crippen LogP contribution is -2.24. The molecular formula is C19H19N5O2. The molecule has 3 aromatic rings. The van der Waals surface area contributed by atoms with Gasteiger partial charge in [-0.05, 0) is 29.8 Å². The van der Waals surface area contributed by atoms with Crippen LogP contribution >= 0.6 is 0 Å². The molecule has 26 heavy (non-hydrogen) atoms. The lowest BCUT2D eigenvalue weighted by Gasteiger charge is -2.13. The van der Waals surface area contributed by atoms with Gasteiger partial charge in [0.2, 0.25) is 5.91 Å². The standard InChI is InChI=1S/C19H19N5O2/c1-20-19(26)14-9-13(10-21-11-14)7-8-18(25)24(2)12-17-22-15-5-3-4-6-16(15)23-17/h3-11H,12H2,1-2H3,(H,20,26)(H,22,23). The number of imidazole rings is 1. The van der Waals surface area contributed by atoms with Crippen LogP contribution in [0.5, 0.6) is 0 Å². The summed E-state index contributed by atoms with van der Waals surface area (Å²) in [5.41, 5.74) is 2.93. The Morgan fingerprint density at radius 3 is 2.85 bits per heavy atom. The lowest BCUT2D eigenvalue weighted by molar-refractivity contribution is -0.125. The lowest BCUT2D eigenvalue weighted by atomic mass is 10.2. The fourth-order valence-electron chi connectivity index (χ4n) is 2.50. The molecule has 2 N–H and O–H groups in total. The van der Waals surface area contributed by atoms with Crippen molar-refractivity contribution >= 4 is 28.9 Å². The van der Waals surface area contributed by atoms with Crippen molar-refractivity contribution in [3.63, 3.8) is 0 Å². The Hall–Kier alpha value is -3.48. The van der Waals surface area contributed by atoms with E-state index in [2.05, 4.69) is 20.3 Å². The second kappa shape index (κ2) is 7.60. The third-order valence-electron chi connectivity index (χ3n) is 3.87. The Morgan fingerprint density at radius 1 is 1.27 bits per heavy atom. The first-order chi connectivity index (χ1) is 12.6. The predicted molar refractivity (Wildman–Crippen MR) is 99.2 cm³/mol. The summed E-state index contributed by atoms with van der Waals surface area (Å²) in [6.07, 6.45) is 6.16. The molecule has 7 heteroatoms. The number of amides is 2. The molecule has 0 fully saturated rings. The van der Waals surface area contributed by atoms with E-state index in [-0.39, 0.29) is 11.8 Å². The molecule has 7 nitrogen and oxygen atoms in total. The monoisotopic (exact) mass is 349 g/mol. The minimum absolute atomic E-state index is 0.171. The van der Waals surface area contributed by atoms with Gasteiger partial charge in [-0.25, -0.2) is 4.98 Å². The summed E-state index contributed by atoms with van der Waals surface area (Å²) in [7, 11) is 3.26. The highest BCUT2D eigenvalue weighted by molar-refractivity contribution is 5.95. The van der Waals surface area contributed by atoms with Crippen molar-refractivity contribution in [2.45, 2.75) is 6.54 Å². The molecule has 0 aliphatic rings. The van der Waals surface area contributed by atoms with Crippen molar-refractivity contribution in [1.82, 2.24) is 25.2 Å². The Balaban J connectivity index is 1.67. The summed E-state index contributed by atoms with van der Waals surface area (Å²) in [6.45, 7) is 0.369. The quantitative estimate of drug-likeness (QED) is 0.689. The summed E-state index contributed by atoms with van der Waals surface area (Å²) >= 11 is 0. The number of hydrogen-bond acceptors (Lipinski definition) is 4. The number of carbonyl (C=O) groups excluding carboxylic acids is 2. The normalized spacial score (nSPS) is 11.0. The largest absolute Gasteiger partial charge is 0.355 e. The third kappa shape index (κ3) is 3.94. The Labute approximate surface area is 150 Å². The molecule has 2 amide bonds. The number of likely N-dealkylation sites (N-methyl/N-ethyl adjacent to an activating group) is 1. The van der Waals surface area contributed by atoms with Crippen molar-refractivity contribution in [3.05, 3.63) is 65.8 Å². The van der Waals surface area contributed by atoms with Crippen LogP contribution in [0.15, 0.2) is 48.8 Å². The number of pyridine rings is 1. The van der Waals surface area contributed by atoms with Crippen LogP contribution in [0, 0.1) is 0 Å². The van der Waals surface area contributed by atoms with Gasteiger partial charge in [0.05, 0.1) is 23.1 Å². The molecule has 0 radical (unpaired) electrons. The molecule has 2 aromatic heterocycles. The van der Waals surface area contributed by atoms with Crippen molar-refractivity contribution in [2.24, 2.45) is 0 Å². The summed E-state index contributed by atoms with van der Waals surface area (Å²) in [5.74, 6) is 0.329. The Kier molecular flexibility index (Phi) is 5.07. The van der Waals surface area contributed by atoms with Crippen molar-refractivity contribution in [1.29, 1.82) is 0 Å². The van der Waals surface area contributed by atoms with E-state index in [1.54, 1.807) is 37.3 Å². The van der Waals surface area contributed by atoms with Gasteiger partial charge >= 0.3 is 0 Å². The average Bonchev–Trinajstić information content (AvgIpc) is 3.07.